The molecule has 0 radical (unpaired) electrons. The predicted molar refractivity (Wildman–Crippen MR) is 101 cm³/mol. The average molecular weight is 372 g/mol. The topological polar surface area (TPSA) is 89.3 Å². The fraction of sp³-hybridized carbons (Fsp3) is 0.350. The second-order valence-corrected chi connectivity index (χ2v) is 8.85. The fourth-order valence-corrected chi connectivity index (χ4v) is 4.62. The Morgan fingerprint density at radius 2 is 1.69 bits per heavy atom. The van der Waals surface area contributed by atoms with Gasteiger partial charge in [0.2, 0.25) is 0 Å². The van der Waals surface area contributed by atoms with Gasteiger partial charge in [-0.2, -0.15) is 0 Å². The highest BCUT2D eigenvalue weighted by molar-refractivity contribution is 7.90. The van der Waals surface area contributed by atoms with E-state index in [4.69, 9.17) is 5.73 Å². The monoisotopic (exact) mass is 372 g/mol. The van der Waals surface area contributed by atoms with Crippen molar-refractivity contribution in [2.45, 2.75) is 48.4 Å². The second-order valence-electron chi connectivity index (χ2n) is 6.86. The molecular formula is C20H24N2O3S. The van der Waals surface area contributed by atoms with Crippen molar-refractivity contribution in [3.05, 3.63) is 65.7 Å². The zero-order valence-electron chi connectivity index (χ0n) is 14.6. The van der Waals surface area contributed by atoms with E-state index in [1.807, 2.05) is 0 Å². The number of rotatable bonds is 5. The van der Waals surface area contributed by atoms with Gasteiger partial charge in [0.05, 0.1) is 10.6 Å². The van der Waals surface area contributed by atoms with Crippen LogP contribution in [0, 0.1) is 0 Å². The van der Waals surface area contributed by atoms with Crippen LogP contribution in [0.1, 0.15) is 41.6 Å². The van der Waals surface area contributed by atoms with Crippen LogP contribution >= 0.6 is 0 Å². The molecule has 0 unspecified atom stereocenters. The van der Waals surface area contributed by atoms with E-state index < -0.39 is 9.84 Å². The summed E-state index contributed by atoms with van der Waals surface area (Å²) in [5.74, 6) is -0.291. The van der Waals surface area contributed by atoms with E-state index in [1.54, 1.807) is 54.6 Å². The van der Waals surface area contributed by atoms with E-state index >= 15 is 0 Å². The van der Waals surface area contributed by atoms with Crippen molar-refractivity contribution in [3.8, 4) is 0 Å². The summed E-state index contributed by atoms with van der Waals surface area (Å²) in [5.41, 5.74) is 6.99. The maximum absolute atomic E-state index is 12.5. The number of benzene rings is 2. The second kappa shape index (κ2) is 8.01. The minimum absolute atomic E-state index is 0.129. The van der Waals surface area contributed by atoms with Crippen molar-refractivity contribution in [2.75, 3.05) is 0 Å². The molecule has 0 aliphatic heterocycles. The Hall–Kier alpha value is -2.18. The van der Waals surface area contributed by atoms with Gasteiger partial charge in [-0.05, 0) is 55.5 Å². The number of sulfone groups is 1. The standard InChI is InChI=1S/C20H24N2O3S/c21-17-9-11-18(12-10-17)22-20(23)16-6-4-5-15(13-16)14-26(24,25)19-7-2-1-3-8-19/h1-8,13,17-18H,9-12,14,21H2,(H,22,23). The number of amides is 1. The number of carbonyl (C=O) groups excluding carboxylic acids is 1. The normalized spacial score (nSPS) is 20.5. The summed E-state index contributed by atoms with van der Waals surface area (Å²) >= 11 is 0. The minimum atomic E-state index is -3.43. The average Bonchev–Trinajstić information content (AvgIpc) is 2.64. The molecule has 0 atom stereocenters. The van der Waals surface area contributed by atoms with Gasteiger partial charge in [0.25, 0.3) is 5.91 Å². The van der Waals surface area contributed by atoms with E-state index in [9.17, 15) is 13.2 Å². The van der Waals surface area contributed by atoms with E-state index in [2.05, 4.69) is 5.32 Å². The smallest absolute Gasteiger partial charge is 0.251 e. The van der Waals surface area contributed by atoms with Crippen molar-refractivity contribution in [3.63, 3.8) is 0 Å². The Morgan fingerprint density at radius 3 is 2.38 bits per heavy atom. The van der Waals surface area contributed by atoms with Crippen LogP contribution in [0.5, 0.6) is 0 Å². The summed E-state index contributed by atoms with van der Waals surface area (Å²) in [6.45, 7) is 0. The van der Waals surface area contributed by atoms with Gasteiger partial charge in [0.1, 0.15) is 0 Å². The molecule has 3 N–H and O–H groups in total. The maximum atomic E-state index is 12.5. The molecule has 26 heavy (non-hydrogen) atoms. The van der Waals surface area contributed by atoms with Crippen LogP contribution in [0.4, 0.5) is 0 Å². The van der Waals surface area contributed by atoms with Crippen molar-refractivity contribution >= 4 is 15.7 Å². The molecule has 5 nitrogen and oxygen atoms in total. The van der Waals surface area contributed by atoms with Gasteiger partial charge >= 0.3 is 0 Å². The van der Waals surface area contributed by atoms with Crippen LogP contribution in [0.2, 0.25) is 0 Å². The number of nitrogens with two attached hydrogens (primary N) is 1. The molecule has 0 heterocycles. The molecule has 1 amide bonds. The van der Waals surface area contributed by atoms with Gasteiger partial charge in [-0.15, -0.1) is 0 Å². The zero-order chi connectivity index (χ0) is 18.6. The molecule has 2 aromatic carbocycles. The molecule has 0 bridgehead atoms. The lowest BCUT2D eigenvalue weighted by atomic mass is 9.91. The quantitative estimate of drug-likeness (QED) is 0.844. The Labute approximate surface area is 154 Å². The Balaban J connectivity index is 1.69. The molecule has 2 aromatic rings. The predicted octanol–water partition coefficient (Wildman–Crippen LogP) is 2.66. The highest BCUT2D eigenvalue weighted by Gasteiger charge is 2.21. The summed E-state index contributed by atoms with van der Waals surface area (Å²) in [7, 11) is -3.43. The summed E-state index contributed by atoms with van der Waals surface area (Å²) in [6.07, 6.45) is 3.60. The SMILES string of the molecule is NC1CCC(NC(=O)c2cccc(CS(=O)(=O)c3ccccc3)c2)CC1. The van der Waals surface area contributed by atoms with Crippen molar-refractivity contribution < 1.29 is 13.2 Å². The molecule has 0 saturated heterocycles. The minimum Gasteiger partial charge on any atom is -0.349 e. The van der Waals surface area contributed by atoms with Crippen LogP contribution in [-0.4, -0.2) is 26.4 Å². The van der Waals surface area contributed by atoms with E-state index in [-0.39, 0.29) is 28.6 Å². The molecule has 0 spiro atoms. The van der Waals surface area contributed by atoms with Gasteiger partial charge in [0.15, 0.2) is 9.84 Å². The third kappa shape index (κ3) is 4.71. The largest absolute Gasteiger partial charge is 0.349 e. The molecule has 1 aliphatic rings. The summed E-state index contributed by atoms with van der Waals surface area (Å²) in [4.78, 5) is 12.8. The molecular weight excluding hydrogens is 348 g/mol. The number of hydrogen-bond acceptors (Lipinski definition) is 4. The maximum Gasteiger partial charge on any atom is 0.251 e. The summed E-state index contributed by atoms with van der Waals surface area (Å²) < 4.78 is 25.0. The molecule has 3 rings (SSSR count). The van der Waals surface area contributed by atoms with Gasteiger partial charge < -0.3 is 11.1 Å². The van der Waals surface area contributed by atoms with Gasteiger partial charge in [-0.3, -0.25) is 4.79 Å². The highest BCUT2D eigenvalue weighted by atomic mass is 32.2. The number of nitrogens with one attached hydrogen (secondary N) is 1. The van der Waals surface area contributed by atoms with Crippen molar-refractivity contribution in [2.24, 2.45) is 5.73 Å². The van der Waals surface area contributed by atoms with Gasteiger partial charge in [-0.1, -0.05) is 30.3 Å². The van der Waals surface area contributed by atoms with Gasteiger partial charge in [0, 0.05) is 17.6 Å². The van der Waals surface area contributed by atoms with Crippen LogP contribution in [-0.2, 0) is 15.6 Å². The van der Waals surface area contributed by atoms with E-state index in [0.29, 0.717) is 11.1 Å². The molecule has 1 aliphatic carbocycles. The van der Waals surface area contributed by atoms with Crippen molar-refractivity contribution in [1.29, 1.82) is 0 Å². The van der Waals surface area contributed by atoms with Crippen LogP contribution in [0.25, 0.3) is 0 Å². The zero-order valence-corrected chi connectivity index (χ0v) is 15.4. The fourth-order valence-electron chi connectivity index (χ4n) is 3.27. The Bertz CT molecular complexity index is 858. The number of carbonyl (C=O) groups is 1. The van der Waals surface area contributed by atoms with Crippen LogP contribution < -0.4 is 11.1 Å². The Morgan fingerprint density at radius 1 is 1.00 bits per heavy atom. The molecule has 6 heteroatoms. The third-order valence-electron chi connectivity index (χ3n) is 4.76. The molecule has 138 valence electrons. The lowest BCUT2D eigenvalue weighted by molar-refractivity contribution is 0.0925. The summed E-state index contributed by atoms with van der Waals surface area (Å²) in [6, 6.07) is 15.5. The Kier molecular flexibility index (Phi) is 5.74. The third-order valence-corrected chi connectivity index (χ3v) is 6.46. The lowest BCUT2D eigenvalue weighted by Crippen LogP contribution is -2.40. The first-order valence-electron chi connectivity index (χ1n) is 8.87. The summed E-state index contributed by atoms with van der Waals surface area (Å²) in [5, 5.41) is 3.03. The highest BCUT2D eigenvalue weighted by Crippen LogP contribution is 2.19. The molecule has 1 fully saturated rings. The molecule has 1 saturated carbocycles. The first-order chi connectivity index (χ1) is 12.4. The first kappa shape index (κ1) is 18.6. The van der Waals surface area contributed by atoms with Crippen molar-refractivity contribution in [1.82, 2.24) is 5.32 Å². The lowest BCUT2D eigenvalue weighted by Gasteiger charge is -2.26. The van der Waals surface area contributed by atoms with Crippen LogP contribution in [0.15, 0.2) is 59.5 Å². The molecule has 0 aromatic heterocycles. The first-order valence-corrected chi connectivity index (χ1v) is 10.5. The number of hydrogen-bond donors (Lipinski definition) is 2. The van der Waals surface area contributed by atoms with E-state index in [0.717, 1.165) is 25.7 Å². The van der Waals surface area contributed by atoms with E-state index in [1.165, 1.54) is 0 Å². The van der Waals surface area contributed by atoms with Gasteiger partial charge in [-0.25, -0.2) is 8.42 Å². The van der Waals surface area contributed by atoms with Crippen LogP contribution in [0.3, 0.4) is 0 Å².